The molecule has 3 heterocycles. The standard InChI is InChI=1S/C13H24N2O/c1-15-7-4-11(5-8-15)13(9-16-10-13)12-3-2-6-14-12/h11-12,14H,2-10H2,1H3. The molecule has 0 radical (unpaired) electrons. The Bertz CT molecular complexity index is 238. The van der Waals surface area contributed by atoms with Crippen molar-refractivity contribution in [3.8, 4) is 0 Å². The predicted octanol–water partition coefficient (Wildman–Crippen LogP) is 1.10. The van der Waals surface area contributed by atoms with Gasteiger partial charge in [0.1, 0.15) is 0 Å². The highest BCUT2D eigenvalue weighted by molar-refractivity contribution is 5.03. The maximum Gasteiger partial charge on any atom is 0.0562 e. The average molecular weight is 224 g/mol. The summed E-state index contributed by atoms with van der Waals surface area (Å²) in [4.78, 5) is 2.46. The molecule has 3 rings (SSSR count). The second kappa shape index (κ2) is 4.28. The smallest absolute Gasteiger partial charge is 0.0562 e. The van der Waals surface area contributed by atoms with Gasteiger partial charge in [-0.25, -0.2) is 0 Å². The SMILES string of the molecule is CN1CCC(C2(C3CCCN3)COC2)CC1. The van der Waals surface area contributed by atoms with Crippen molar-refractivity contribution in [3.05, 3.63) is 0 Å². The fourth-order valence-electron chi connectivity index (χ4n) is 3.82. The highest BCUT2D eigenvalue weighted by atomic mass is 16.5. The van der Waals surface area contributed by atoms with Gasteiger partial charge in [-0.2, -0.15) is 0 Å². The quantitative estimate of drug-likeness (QED) is 0.760. The Labute approximate surface area is 98.5 Å². The van der Waals surface area contributed by atoms with Crippen LogP contribution in [0, 0.1) is 11.3 Å². The summed E-state index contributed by atoms with van der Waals surface area (Å²) in [5.41, 5.74) is 0.498. The molecule has 0 spiro atoms. The molecule has 3 nitrogen and oxygen atoms in total. The van der Waals surface area contributed by atoms with Gasteiger partial charge in [0.15, 0.2) is 0 Å². The first-order valence-electron chi connectivity index (χ1n) is 6.81. The Hall–Kier alpha value is -0.120. The highest BCUT2D eigenvalue weighted by Gasteiger charge is 2.51. The van der Waals surface area contributed by atoms with Crippen LogP contribution in [-0.4, -0.2) is 50.8 Å². The van der Waals surface area contributed by atoms with Crippen LogP contribution in [0.2, 0.25) is 0 Å². The number of hydrogen-bond donors (Lipinski definition) is 1. The Morgan fingerprint density at radius 3 is 2.44 bits per heavy atom. The van der Waals surface area contributed by atoms with Crippen molar-refractivity contribution in [2.75, 3.05) is 39.9 Å². The van der Waals surface area contributed by atoms with E-state index in [-0.39, 0.29) is 0 Å². The van der Waals surface area contributed by atoms with Crippen molar-refractivity contribution in [3.63, 3.8) is 0 Å². The van der Waals surface area contributed by atoms with Gasteiger partial charge in [0.05, 0.1) is 13.2 Å². The Kier molecular flexibility index (Phi) is 2.94. The minimum atomic E-state index is 0.498. The molecular weight excluding hydrogens is 200 g/mol. The molecule has 0 bridgehead atoms. The van der Waals surface area contributed by atoms with Gasteiger partial charge in [-0.15, -0.1) is 0 Å². The summed E-state index contributed by atoms with van der Waals surface area (Å²) in [5.74, 6) is 0.896. The van der Waals surface area contributed by atoms with Crippen LogP contribution in [0.3, 0.4) is 0 Å². The Balaban J connectivity index is 1.69. The third kappa shape index (κ3) is 1.69. The number of likely N-dealkylation sites (tertiary alicyclic amines) is 1. The van der Waals surface area contributed by atoms with Gasteiger partial charge >= 0.3 is 0 Å². The normalized spacial score (nSPS) is 36.2. The highest BCUT2D eigenvalue weighted by Crippen LogP contribution is 2.46. The molecule has 0 aliphatic carbocycles. The molecule has 1 N–H and O–H groups in total. The van der Waals surface area contributed by atoms with E-state index in [2.05, 4.69) is 17.3 Å². The second-order valence-corrected chi connectivity index (χ2v) is 5.95. The minimum Gasteiger partial charge on any atom is -0.380 e. The fourth-order valence-corrected chi connectivity index (χ4v) is 3.82. The maximum atomic E-state index is 5.58. The summed E-state index contributed by atoms with van der Waals surface area (Å²) in [5, 5.41) is 3.71. The van der Waals surface area contributed by atoms with Gasteiger partial charge in [0.2, 0.25) is 0 Å². The van der Waals surface area contributed by atoms with E-state index in [0.29, 0.717) is 5.41 Å². The lowest BCUT2D eigenvalue weighted by Gasteiger charge is -2.53. The third-order valence-corrected chi connectivity index (χ3v) is 5.03. The van der Waals surface area contributed by atoms with Crippen molar-refractivity contribution in [1.82, 2.24) is 10.2 Å². The van der Waals surface area contributed by atoms with E-state index >= 15 is 0 Å². The summed E-state index contributed by atoms with van der Waals surface area (Å²) in [7, 11) is 2.24. The summed E-state index contributed by atoms with van der Waals surface area (Å²) in [6.45, 7) is 5.80. The summed E-state index contributed by atoms with van der Waals surface area (Å²) < 4.78 is 5.58. The maximum absolute atomic E-state index is 5.58. The van der Waals surface area contributed by atoms with Crippen LogP contribution in [0.15, 0.2) is 0 Å². The molecule has 3 heteroatoms. The van der Waals surface area contributed by atoms with Gasteiger partial charge in [-0.05, 0) is 58.3 Å². The van der Waals surface area contributed by atoms with Crippen LogP contribution in [0.25, 0.3) is 0 Å². The first-order chi connectivity index (χ1) is 7.81. The molecule has 3 saturated heterocycles. The van der Waals surface area contributed by atoms with E-state index in [1.165, 1.54) is 45.3 Å². The van der Waals surface area contributed by atoms with Gasteiger partial charge < -0.3 is 15.0 Å². The minimum absolute atomic E-state index is 0.498. The molecule has 3 fully saturated rings. The number of nitrogens with zero attached hydrogens (tertiary/aromatic N) is 1. The predicted molar refractivity (Wildman–Crippen MR) is 64.5 cm³/mol. The molecule has 0 saturated carbocycles. The molecule has 0 aromatic heterocycles. The number of piperidine rings is 1. The zero-order valence-corrected chi connectivity index (χ0v) is 10.4. The summed E-state index contributed by atoms with van der Waals surface area (Å²) >= 11 is 0. The van der Waals surface area contributed by atoms with Gasteiger partial charge in [-0.3, -0.25) is 0 Å². The van der Waals surface area contributed by atoms with Crippen LogP contribution in [0.4, 0.5) is 0 Å². The molecule has 1 atom stereocenters. The number of hydrogen-bond acceptors (Lipinski definition) is 3. The largest absolute Gasteiger partial charge is 0.380 e. The van der Waals surface area contributed by atoms with Gasteiger partial charge in [0, 0.05) is 11.5 Å². The number of nitrogens with one attached hydrogen (secondary N) is 1. The number of rotatable bonds is 2. The van der Waals surface area contributed by atoms with Crippen molar-refractivity contribution >= 4 is 0 Å². The van der Waals surface area contributed by atoms with Crippen LogP contribution in [0.1, 0.15) is 25.7 Å². The van der Waals surface area contributed by atoms with Crippen molar-refractivity contribution in [2.24, 2.45) is 11.3 Å². The zero-order valence-electron chi connectivity index (χ0n) is 10.4. The average Bonchev–Trinajstić information content (AvgIpc) is 2.73. The van der Waals surface area contributed by atoms with Gasteiger partial charge in [-0.1, -0.05) is 0 Å². The van der Waals surface area contributed by atoms with E-state index in [4.69, 9.17) is 4.74 Å². The molecule has 3 aliphatic heterocycles. The van der Waals surface area contributed by atoms with Crippen LogP contribution in [-0.2, 0) is 4.74 Å². The van der Waals surface area contributed by atoms with Crippen LogP contribution >= 0.6 is 0 Å². The first kappa shape index (κ1) is 11.0. The van der Waals surface area contributed by atoms with Crippen molar-refractivity contribution in [1.29, 1.82) is 0 Å². The lowest BCUT2D eigenvalue weighted by Crippen LogP contribution is -2.60. The Morgan fingerprint density at radius 1 is 1.19 bits per heavy atom. The first-order valence-corrected chi connectivity index (χ1v) is 6.81. The molecule has 3 aliphatic rings. The van der Waals surface area contributed by atoms with Crippen molar-refractivity contribution in [2.45, 2.75) is 31.7 Å². The van der Waals surface area contributed by atoms with E-state index < -0.39 is 0 Å². The molecule has 0 amide bonds. The molecule has 16 heavy (non-hydrogen) atoms. The third-order valence-electron chi connectivity index (χ3n) is 5.03. The topological polar surface area (TPSA) is 24.5 Å². The molecule has 92 valence electrons. The van der Waals surface area contributed by atoms with E-state index in [1.807, 2.05) is 0 Å². The van der Waals surface area contributed by atoms with Gasteiger partial charge in [0.25, 0.3) is 0 Å². The van der Waals surface area contributed by atoms with E-state index in [1.54, 1.807) is 0 Å². The number of ether oxygens (including phenoxy) is 1. The zero-order chi connectivity index (χ0) is 11.0. The lowest BCUT2D eigenvalue weighted by molar-refractivity contribution is -0.170. The molecule has 1 unspecified atom stereocenters. The van der Waals surface area contributed by atoms with Crippen LogP contribution in [0.5, 0.6) is 0 Å². The van der Waals surface area contributed by atoms with E-state index in [9.17, 15) is 0 Å². The monoisotopic (exact) mass is 224 g/mol. The Morgan fingerprint density at radius 2 is 1.94 bits per heavy atom. The summed E-state index contributed by atoms with van der Waals surface area (Å²) in [6, 6.07) is 0.745. The van der Waals surface area contributed by atoms with Crippen molar-refractivity contribution < 1.29 is 4.74 Å². The van der Waals surface area contributed by atoms with E-state index in [0.717, 1.165) is 25.2 Å². The van der Waals surface area contributed by atoms with Crippen LogP contribution < -0.4 is 5.32 Å². The fraction of sp³-hybridized carbons (Fsp3) is 1.00. The lowest BCUT2D eigenvalue weighted by atomic mass is 9.64. The molecule has 0 aromatic rings. The summed E-state index contributed by atoms with van der Waals surface area (Å²) in [6.07, 6.45) is 5.48. The second-order valence-electron chi connectivity index (χ2n) is 5.95. The molecule has 0 aromatic carbocycles. The molecular formula is C13H24N2O.